The maximum atomic E-state index is 4.16. The van der Waals surface area contributed by atoms with Crippen LogP contribution < -0.4 is 0 Å². The van der Waals surface area contributed by atoms with Gasteiger partial charge in [-0.05, 0) is 13.3 Å². The maximum absolute atomic E-state index is 4.16. The molecule has 1 aromatic rings. The fraction of sp³-hybridized carbons (Fsp3) is 0.714. The molecule has 0 aromatic carbocycles. The fourth-order valence-electron chi connectivity index (χ4n) is 0.971. The zero-order valence-corrected chi connectivity index (χ0v) is 8.21. The first-order chi connectivity index (χ1) is 5.38. The molecule has 0 spiro atoms. The largest absolute Gasteiger partial charge is 0.250 e. The van der Waals surface area contributed by atoms with Crippen LogP contribution in [0.4, 0.5) is 0 Å². The third-order valence-corrected chi connectivity index (χ3v) is 2.09. The number of aryl methyl sites for hydroxylation is 2. The summed E-state index contributed by atoms with van der Waals surface area (Å²) in [6.45, 7) is 2.99. The number of nitrogens with zero attached hydrogens (tertiary/aromatic N) is 3. The first-order valence-electron chi connectivity index (χ1n) is 3.81. The lowest BCUT2D eigenvalue weighted by atomic mass is 10.3. The molecular formula is C7H12BrN3. The van der Waals surface area contributed by atoms with Crippen molar-refractivity contribution in [2.75, 3.05) is 5.33 Å². The minimum absolute atomic E-state index is 0.914. The molecule has 0 bridgehead atoms. The first-order valence-corrected chi connectivity index (χ1v) is 4.93. The third kappa shape index (κ3) is 2.29. The molecule has 4 heteroatoms. The SMILES string of the molecule is CCn1ncnc1CCCBr. The molecule has 0 saturated carbocycles. The summed E-state index contributed by atoms with van der Waals surface area (Å²) < 4.78 is 1.93. The van der Waals surface area contributed by atoms with Crippen molar-refractivity contribution in [3.8, 4) is 0 Å². The van der Waals surface area contributed by atoms with E-state index in [0.29, 0.717) is 0 Å². The van der Waals surface area contributed by atoms with E-state index < -0.39 is 0 Å². The van der Waals surface area contributed by atoms with Crippen LogP contribution in [0.25, 0.3) is 0 Å². The Kier molecular flexibility index (Phi) is 3.56. The van der Waals surface area contributed by atoms with E-state index in [-0.39, 0.29) is 0 Å². The molecule has 1 aromatic heterocycles. The summed E-state index contributed by atoms with van der Waals surface area (Å²) in [6, 6.07) is 0. The van der Waals surface area contributed by atoms with Crippen LogP contribution in [0.5, 0.6) is 0 Å². The number of hydrogen-bond acceptors (Lipinski definition) is 2. The Balaban J connectivity index is 2.54. The van der Waals surface area contributed by atoms with Crippen molar-refractivity contribution < 1.29 is 0 Å². The van der Waals surface area contributed by atoms with Gasteiger partial charge in [0, 0.05) is 18.3 Å². The highest BCUT2D eigenvalue weighted by molar-refractivity contribution is 9.09. The molecule has 62 valence electrons. The van der Waals surface area contributed by atoms with Crippen molar-refractivity contribution in [1.29, 1.82) is 0 Å². The van der Waals surface area contributed by atoms with Crippen molar-refractivity contribution in [1.82, 2.24) is 14.8 Å². The van der Waals surface area contributed by atoms with Crippen LogP contribution in [-0.2, 0) is 13.0 Å². The summed E-state index contributed by atoms with van der Waals surface area (Å²) in [5.74, 6) is 1.09. The lowest BCUT2D eigenvalue weighted by Crippen LogP contribution is -2.03. The van der Waals surface area contributed by atoms with Gasteiger partial charge in [0.15, 0.2) is 0 Å². The van der Waals surface area contributed by atoms with Gasteiger partial charge in [0.1, 0.15) is 12.2 Å². The van der Waals surface area contributed by atoms with Crippen LogP contribution in [0, 0.1) is 0 Å². The minimum atomic E-state index is 0.914. The van der Waals surface area contributed by atoms with Crippen LogP contribution in [0.15, 0.2) is 6.33 Å². The van der Waals surface area contributed by atoms with E-state index in [4.69, 9.17) is 0 Å². The van der Waals surface area contributed by atoms with Gasteiger partial charge in [-0.25, -0.2) is 4.98 Å². The van der Waals surface area contributed by atoms with E-state index in [9.17, 15) is 0 Å². The van der Waals surface area contributed by atoms with E-state index in [2.05, 4.69) is 32.9 Å². The molecule has 0 fully saturated rings. The Morgan fingerprint density at radius 3 is 3.09 bits per heavy atom. The number of halogens is 1. The Bertz CT molecular complexity index is 209. The van der Waals surface area contributed by atoms with E-state index in [1.54, 1.807) is 6.33 Å². The molecule has 0 saturated heterocycles. The number of aromatic nitrogens is 3. The molecule has 0 aliphatic carbocycles. The Labute approximate surface area is 75.0 Å². The van der Waals surface area contributed by atoms with Crippen LogP contribution in [-0.4, -0.2) is 20.1 Å². The Morgan fingerprint density at radius 2 is 2.45 bits per heavy atom. The van der Waals surface area contributed by atoms with E-state index in [1.807, 2.05) is 4.68 Å². The van der Waals surface area contributed by atoms with Crippen LogP contribution >= 0.6 is 15.9 Å². The molecule has 1 heterocycles. The quantitative estimate of drug-likeness (QED) is 0.719. The highest BCUT2D eigenvalue weighted by Crippen LogP contribution is 2.00. The standard InChI is InChI=1S/C7H12BrN3/c1-2-11-7(4-3-5-8)9-6-10-11/h6H,2-5H2,1H3. The summed E-state index contributed by atoms with van der Waals surface area (Å²) in [5, 5.41) is 5.11. The van der Waals surface area contributed by atoms with Crippen LogP contribution in [0.3, 0.4) is 0 Å². The predicted molar refractivity (Wildman–Crippen MR) is 47.8 cm³/mol. The average molecular weight is 218 g/mol. The normalized spacial score (nSPS) is 10.4. The molecule has 0 aliphatic heterocycles. The van der Waals surface area contributed by atoms with Gasteiger partial charge in [-0.1, -0.05) is 15.9 Å². The minimum Gasteiger partial charge on any atom is -0.250 e. The van der Waals surface area contributed by atoms with Crippen LogP contribution in [0.2, 0.25) is 0 Å². The molecule has 0 atom stereocenters. The second-order valence-corrected chi connectivity index (χ2v) is 3.08. The van der Waals surface area contributed by atoms with Gasteiger partial charge < -0.3 is 0 Å². The molecule has 3 nitrogen and oxygen atoms in total. The highest BCUT2D eigenvalue weighted by atomic mass is 79.9. The van der Waals surface area contributed by atoms with Gasteiger partial charge in [-0.3, -0.25) is 4.68 Å². The van der Waals surface area contributed by atoms with Crippen molar-refractivity contribution >= 4 is 15.9 Å². The van der Waals surface area contributed by atoms with Crippen molar-refractivity contribution in [3.63, 3.8) is 0 Å². The first kappa shape index (κ1) is 8.71. The fourth-order valence-corrected chi connectivity index (χ4v) is 1.25. The molecular weight excluding hydrogens is 206 g/mol. The smallest absolute Gasteiger partial charge is 0.138 e. The number of rotatable bonds is 4. The molecule has 0 aliphatic rings. The van der Waals surface area contributed by atoms with Gasteiger partial charge in [0.25, 0.3) is 0 Å². The lowest BCUT2D eigenvalue weighted by Gasteiger charge is -1.99. The molecule has 11 heavy (non-hydrogen) atoms. The molecule has 1 rings (SSSR count). The van der Waals surface area contributed by atoms with Crippen molar-refractivity contribution in [3.05, 3.63) is 12.2 Å². The average Bonchev–Trinajstić information content (AvgIpc) is 2.47. The number of hydrogen-bond donors (Lipinski definition) is 0. The second-order valence-electron chi connectivity index (χ2n) is 2.28. The molecule has 0 N–H and O–H groups in total. The second kappa shape index (κ2) is 4.49. The van der Waals surface area contributed by atoms with Gasteiger partial charge in [0.2, 0.25) is 0 Å². The maximum Gasteiger partial charge on any atom is 0.138 e. The van der Waals surface area contributed by atoms with E-state index >= 15 is 0 Å². The van der Waals surface area contributed by atoms with E-state index in [0.717, 1.165) is 30.5 Å². The van der Waals surface area contributed by atoms with E-state index in [1.165, 1.54) is 0 Å². The molecule has 0 unspecified atom stereocenters. The third-order valence-electron chi connectivity index (χ3n) is 1.53. The molecule has 0 radical (unpaired) electrons. The van der Waals surface area contributed by atoms with Gasteiger partial charge in [-0.15, -0.1) is 0 Å². The lowest BCUT2D eigenvalue weighted by molar-refractivity contribution is 0.610. The monoisotopic (exact) mass is 217 g/mol. The molecule has 0 amide bonds. The summed E-state index contributed by atoms with van der Waals surface area (Å²) in [5.41, 5.74) is 0. The highest BCUT2D eigenvalue weighted by Gasteiger charge is 1.99. The topological polar surface area (TPSA) is 30.7 Å². The number of alkyl halides is 1. The summed E-state index contributed by atoms with van der Waals surface area (Å²) in [7, 11) is 0. The zero-order chi connectivity index (χ0) is 8.10. The van der Waals surface area contributed by atoms with Gasteiger partial charge >= 0.3 is 0 Å². The van der Waals surface area contributed by atoms with Gasteiger partial charge in [-0.2, -0.15) is 5.10 Å². The Hall–Kier alpha value is -0.380. The van der Waals surface area contributed by atoms with Crippen LogP contribution in [0.1, 0.15) is 19.2 Å². The summed E-state index contributed by atoms with van der Waals surface area (Å²) >= 11 is 3.38. The van der Waals surface area contributed by atoms with Crippen molar-refractivity contribution in [2.24, 2.45) is 0 Å². The summed E-state index contributed by atoms with van der Waals surface area (Å²) in [4.78, 5) is 4.16. The summed E-state index contributed by atoms with van der Waals surface area (Å²) in [6.07, 6.45) is 3.75. The zero-order valence-electron chi connectivity index (χ0n) is 6.63. The van der Waals surface area contributed by atoms with Crippen molar-refractivity contribution in [2.45, 2.75) is 26.3 Å². The van der Waals surface area contributed by atoms with Gasteiger partial charge in [0.05, 0.1) is 0 Å². The predicted octanol–water partition coefficient (Wildman–Crippen LogP) is 1.63. The Morgan fingerprint density at radius 1 is 1.64 bits per heavy atom.